The molecule has 7 heteroatoms. The quantitative estimate of drug-likeness (QED) is 0.542. The first-order valence-electron chi connectivity index (χ1n) is 8.71. The Labute approximate surface area is 166 Å². The molecule has 0 spiro atoms. The van der Waals surface area contributed by atoms with Crippen molar-refractivity contribution in [1.29, 1.82) is 0 Å². The maximum atomic E-state index is 12.9. The topological polar surface area (TPSA) is 89.5 Å². The van der Waals surface area contributed by atoms with Gasteiger partial charge in [0.15, 0.2) is 0 Å². The molecular weight excluding hydrogens is 378 g/mol. The van der Waals surface area contributed by atoms with Crippen LogP contribution in [0, 0.1) is 6.92 Å². The molecule has 2 atom stereocenters. The molecule has 0 aliphatic heterocycles. The fraction of sp³-hybridized carbons (Fsp3) is 0.286. The summed E-state index contributed by atoms with van der Waals surface area (Å²) in [6, 6.07) is 11.4. The van der Waals surface area contributed by atoms with E-state index in [0.29, 0.717) is 16.7 Å². The van der Waals surface area contributed by atoms with E-state index in [1.165, 1.54) is 13.4 Å². The maximum Gasteiger partial charge on any atom is 0.328 e. The predicted molar refractivity (Wildman–Crippen MR) is 109 cm³/mol. The van der Waals surface area contributed by atoms with Crippen LogP contribution in [0.3, 0.4) is 0 Å². The molecule has 0 bridgehead atoms. The molecule has 148 valence electrons. The van der Waals surface area contributed by atoms with Crippen molar-refractivity contribution in [2.45, 2.75) is 19.4 Å². The number of hydrogen-bond donors (Lipinski definition) is 1. The van der Waals surface area contributed by atoms with E-state index in [-0.39, 0.29) is 12.2 Å². The minimum atomic E-state index is -1.10. The number of aryl methyl sites for hydroxylation is 1. The summed E-state index contributed by atoms with van der Waals surface area (Å²) in [5, 5.41) is 2.67. The first kappa shape index (κ1) is 21.5. The number of carbonyl (C=O) groups is 3. The second-order valence-corrected chi connectivity index (χ2v) is 7.91. The van der Waals surface area contributed by atoms with Gasteiger partial charge in [0.25, 0.3) is 5.91 Å². The summed E-state index contributed by atoms with van der Waals surface area (Å²) in [5.41, 5.74) is 3.15. The zero-order valence-electron chi connectivity index (χ0n) is 16.1. The Morgan fingerprint density at radius 2 is 1.89 bits per heavy atom. The number of ether oxygens (including phenoxy) is 1. The molecule has 28 heavy (non-hydrogen) atoms. The van der Waals surface area contributed by atoms with Crippen LogP contribution < -0.4 is 5.32 Å². The zero-order chi connectivity index (χ0) is 20.7. The molecule has 0 radical (unpaired) electrons. The van der Waals surface area contributed by atoms with Gasteiger partial charge in [-0.15, -0.1) is 0 Å². The normalized spacial score (nSPS) is 12.7. The molecule has 2 rings (SSSR count). The zero-order valence-corrected chi connectivity index (χ0v) is 16.9. The van der Waals surface area contributed by atoms with E-state index in [4.69, 9.17) is 4.74 Å². The standard InChI is InChI=1S/C21H23NO5S/c1-14-6-4-5-7-16(14)18-12-15(13-23)8-9-17(18)20(24)22-19(21(25)27-2)10-11-28(3)26/h4-9,12-13,19H,10-11H2,1-3H3,(H,22,24)/t19-,28?/m0/s1. The Morgan fingerprint density at radius 3 is 2.50 bits per heavy atom. The molecule has 0 aliphatic rings. The van der Waals surface area contributed by atoms with Crippen molar-refractivity contribution in [1.82, 2.24) is 5.32 Å². The van der Waals surface area contributed by atoms with E-state index >= 15 is 0 Å². The van der Waals surface area contributed by atoms with E-state index in [2.05, 4.69) is 5.32 Å². The van der Waals surface area contributed by atoms with Crippen LogP contribution in [0.4, 0.5) is 0 Å². The van der Waals surface area contributed by atoms with Gasteiger partial charge in [0, 0.05) is 33.9 Å². The highest BCUT2D eigenvalue weighted by molar-refractivity contribution is 7.84. The van der Waals surface area contributed by atoms with Crippen LogP contribution in [0.1, 0.15) is 32.7 Å². The van der Waals surface area contributed by atoms with Gasteiger partial charge < -0.3 is 10.1 Å². The number of amides is 1. The third kappa shape index (κ3) is 5.36. The lowest BCUT2D eigenvalue weighted by Crippen LogP contribution is -2.42. The number of esters is 1. The molecule has 0 saturated carbocycles. The van der Waals surface area contributed by atoms with Crippen molar-refractivity contribution in [3.05, 3.63) is 59.2 Å². The molecule has 2 aromatic carbocycles. The number of rotatable bonds is 8. The molecule has 1 N–H and O–H groups in total. The van der Waals surface area contributed by atoms with Gasteiger partial charge in [-0.2, -0.15) is 0 Å². The number of aldehydes is 1. The largest absolute Gasteiger partial charge is 0.467 e. The van der Waals surface area contributed by atoms with Crippen molar-refractivity contribution < 1.29 is 23.3 Å². The Bertz CT molecular complexity index is 909. The molecule has 6 nitrogen and oxygen atoms in total. The van der Waals surface area contributed by atoms with Crippen LogP contribution in [0.25, 0.3) is 11.1 Å². The van der Waals surface area contributed by atoms with Gasteiger partial charge in [-0.25, -0.2) is 4.79 Å². The SMILES string of the molecule is COC(=O)[C@H](CCS(C)=O)NC(=O)c1ccc(C=O)cc1-c1ccccc1C. The molecule has 1 unspecified atom stereocenters. The van der Waals surface area contributed by atoms with Crippen molar-refractivity contribution in [3.63, 3.8) is 0 Å². The lowest BCUT2D eigenvalue weighted by atomic mass is 9.94. The summed E-state index contributed by atoms with van der Waals surface area (Å²) < 4.78 is 16.1. The summed E-state index contributed by atoms with van der Waals surface area (Å²) in [5.74, 6) is -0.803. The van der Waals surface area contributed by atoms with E-state index in [1.807, 2.05) is 31.2 Å². The molecule has 2 aromatic rings. The summed E-state index contributed by atoms with van der Waals surface area (Å²) in [6.45, 7) is 1.92. The number of nitrogens with one attached hydrogen (secondary N) is 1. The maximum absolute atomic E-state index is 12.9. The lowest BCUT2D eigenvalue weighted by molar-refractivity contribution is -0.142. The first-order chi connectivity index (χ1) is 13.4. The fourth-order valence-corrected chi connectivity index (χ4v) is 3.41. The molecule has 0 aromatic heterocycles. The van der Waals surface area contributed by atoms with Crippen LogP contribution in [0.2, 0.25) is 0 Å². The van der Waals surface area contributed by atoms with E-state index in [9.17, 15) is 18.6 Å². The summed E-state index contributed by atoms with van der Waals surface area (Å²) in [7, 11) is 0.135. The van der Waals surface area contributed by atoms with Crippen LogP contribution in [0.5, 0.6) is 0 Å². The van der Waals surface area contributed by atoms with Crippen molar-refractivity contribution >= 4 is 29.0 Å². The molecule has 0 aliphatic carbocycles. The highest BCUT2D eigenvalue weighted by Crippen LogP contribution is 2.28. The molecule has 1 amide bonds. The average molecular weight is 401 g/mol. The van der Waals surface area contributed by atoms with Crippen molar-refractivity contribution in [3.8, 4) is 11.1 Å². The van der Waals surface area contributed by atoms with E-state index < -0.39 is 28.7 Å². The van der Waals surface area contributed by atoms with Crippen molar-refractivity contribution in [2.24, 2.45) is 0 Å². The fourth-order valence-electron chi connectivity index (χ4n) is 2.84. The number of carbonyl (C=O) groups excluding carboxylic acids is 3. The third-order valence-corrected chi connectivity index (χ3v) is 5.16. The predicted octanol–water partition coefficient (Wildman–Crippen LogP) is 2.51. The minimum Gasteiger partial charge on any atom is -0.467 e. The number of benzene rings is 2. The Balaban J connectivity index is 2.41. The van der Waals surface area contributed by atoms with Gasteiger partial charge in [0.05, 0.1) is 7.11 Å². The highest BCUT2D eigenvalue weighted by atomic mass is 32.2. The molecule has 0 saturated heterocycles. The second kappa shape index (κ2) is 9.94. The Kier molecular flexibility index (Phi) is 7.63. The van der Waals surface area contributed by atoms with Gasteiger partial charge in [-0.05, 0) is 42.2 Å². The van der Waals surface area contributed by atoms with Crippen LogP contribution in [0.15, 0.2) is 42.5 Å². The second-order valence-electron chi connectivity index (χ2n) is 6.35. The van der Waals surface area contributed by atoms with Gasteiger partial charge in [0.1, 0.15) is 12.3 Å². The molecule has 0 heterocycles. The molecular formula is C21H23NO5S. The van der Waals surface area contributed by atoms with Gasteiger partial charge in [0.2, 0.25) is 0 Å². The van der Waals surface area contributed by atoms with Gasteiger partial charge in [-0.1, -0.05) is 30.3 Å². The van der Waals surface area contributed by atoms with Crippen LogP contribution in [-0.4, -0.2) is 47.5 Å². The Hall–Kier alpha value is -2.80. The Morgan fingerprint density at radius 1 is 1.18 bits per heavy atom. The number of methoxy groups -OCH3 is 1. The average Bonchev–Trinajstić information content (AvgIpc) is 2.70. The van der Waals surface area contributed by atoms with Crippen molar-refractivity contribution in [2.75, 3.05) is 19.1 Å². The van der Waals surface area contributed by atoms with Gasteiger partial charge in [-0.3, -0.25) is 13.8 Å². The third-order valence-electron chi connectivity index (χ3n) is 4.34. The summed E-state index contributed by atoms with van der Waals surface area (Å²) in [6.07, 6.45) is 2.45. The summed E-state index contributed by atoms with van der Waals surface area (Å²) in [4.78, 5) is 36.2. The van der Waals surface area contributed by atoms with E-state index in [1.54, 1.807) is 18.2 Å². The number of hydrogen-bond acceptors (Lipinski definition) is 5. The smallest absolute Gasteiger partial charge is 0.328 e. The van der Waals surface area contributed by atoms with Gasteiger partial charge >= 0.3 is 5.97 Å². The summed E-state index contributed by atoms with van der Waals surface area (Å²) >= 11 is 0. The molecule has 0 fully saturated rings. The monoisotopic (exact) mass is 401 g/mol. The highest BCUT2D eigenvalue weighted by Gasteiger charge is 2.24. The van der Waals surface area contributed by atoms with E-state index in [0.717, 1.165) is 17.4 Å². The van der Waals surface area contributed by atoms with Crippen LogP contribution >= 0.6 is 0 Å². The minimum absolute atomic E-state index is 0.202. The van der Waals surface area contributed by atoms with Crippen LogP contribution in [-0.2, 0) is 20.3 Å². The lowest BCUT2D eigenvalue weighted by Gasteiger charge is -2.18. The first-order valence-corrected chi connectivity index (χ1v) is 10.4.